The van der Waals surface area contributed by atoms with Crippen LogP contribution in [0.5, 0.6) is 0 Å². The molecule has 0 radical (unpaired) electrons. The van der Waals surface area contributed by atoms with Gasteiger partial charge in [0.15, 0.2) is 5.65 Å². The van der Waals surface area contributed by atoms with Crippen LogP contribution in [0.2, 0.25) is 5.15 Å². The SMILES string of the molecule is O=C(NCCn1ncc2c(=O)n(Cc3cccc(F)c3)cnc21)c1cccnc1Cl. The van der Waals surface area contributed by atoms with E-state index in [9.17, 15) is 14.0 Å². The van der Waals surface area contributed by atoms with E-state index >= 15 is 0 Å². The van der Waals surface area contributed by atoms with Crippen molar-refractivity contribution in [1.29, 1.82) is 0 Å². The fourth-order valence-electron chi connectivity index (χ4n) is 3.03. The predicted molar refractivity (Wildman–Crippen MR) is 109 cm³/mol. The summed E-state index contributed by atoms with van der Waals surface area (Å²) in [7, 11) is 0. The minimum atomic E-state index is -0.364. The van der Waals surface area contributed by atoms with E-state index in [1.165, 1.54) is 40.1 Å². The van der Waals surface area contributed by atoms with Crippen molar-refractivity contribution in [3.63, 3.8) is 0 Å². The largest absolute Gasteiger partial charge is 0.350 e. The van der Waals surface area contributed by atoms with Crippen LogP contribution in [0, 0.1) is 5.82 Å². The van der Waals surface area contributed by atoms with Gasteiger partial charge in [-0.3, -0.25) is 14.2 Å². The van der Waals surface area contributed by atoms with E-state index in [0.29, 0.717) is 23.1 Å². The molecule has 0 fully saturated rings. The van der Waals surface area contributed by atoms with Crippen LogP contribution in [-0.2, 0) is 13.1 Å². The molecule has 30 heavy (non-hydrogen) atoms. The van der Waals surface area contributed by atoms with E-state index in [4.69, 9.17) is 11.6 Å². The van der Waals surface area contributed by atoms with Gasteiger partial charge in [-0.05, 0) is 29.8 Å². The molecule has 1 N–H and O–H groups in total. The second-order valence-corrected chi connectivity index (χ2v) is 6.87. The Morgan fingerprint density at radius 3 is 2.87 bits per heavy atom. The molecule has 4 rings (SSSR count). The Morgan fingerprint density at radius 1 is 1.20 bits per heavy atom. The van der Waals surface area contributed by atoms with Gasteiger partial charge in [-0.1, -0.05) is 23.7 Å². The third-order valence-electron chi connectivity index (χ3n) is 4.48. The minimum Gasteiger partial charge on any atom is -0.350 e. The molecule has 152 valence electrons. The number of halogens is 2. The summed E-state index contributed by atoms with van der Waals surface area (Å²) in [6, 6.07) is 9.25. The fourth-order valence-corrected chi connectivity index (χ4v) is 3.24. The Kier molecular flexibility index (Phi) is 5.53. The summed E-state index contributed by atoms with van der Waals surface area (Å²) in [6.45, 7) is 0.773. The standard InChI is InChI=1S/C20H16ClFN6O2/c21-17-15(5-2-6-23-17)19(29)24-7-8-28-18-16(10-26-28)20(30)27(12-25-18)11-13-3-1-4-14(22)9-13/h1-6,9-10,12H,7-8,11H2,(H,24,29). The van der Waals surface area contributed by atoms with Gasteiger partial charge in [-0.15, -0.1) is 0 Å². The number of nitrogens with one attached hydrogen (secondary N) is 1. The van der Waals surface area contributed by atoms with Crippen molar-refractivity contribution in [2.75, 3.05) is 6.54 Å². The lowest BCUT2D eigenvalue weighted by atomic mass is 10.2. The second kappa shape index (κ2) is 8.42. The van der Waals surface area contributed by atoms with Crippen molar-refractivity contribution in [3.8, 4) is 0 Å². The van der Waals surface area contributed by atoms with Gasteiger partial charge in [-0.2, -0.15) is 5.10 Å². The highest BCUT2D eigenvalue weighted by atomic mass is 35.5. The Hall–Kier alpha value is -3.59. The third kappa shape index (κ3) is 4.06. The molecule has 0 atom stereocenters. The molecule has 0 unspecified atom stereocenters. The van der Waals surface area contributed by atoms with Crippen molar-refractivity contribution < 1.29 is 9.18 Å². The lowest BCUT2D eigenvalue weighted by molar-refractivity contribution is 0.0952. The summed E-state index contributed by atoms with van der Waals surface area (Å²) in [5, 5.41) is 7.40. The smallest absolute Gasteiger partial charge is 0.264 e. The van der Waals surface area contributed by atoms with E-state index in [-0.39, 0.29) is 41.1 Å². The molecule has 1 aromatic carbocycles. The lowest BCUT2D eigenvalue weighted by Crippen LogP contribution is -2.28. The third-order valence-corrected chi connectivity index (χ3v) is 4.78. The maximum Gasteiger partial charge on any atom is 0.264 e. The molecule has 0 saturated carbocycles. The van der Waals surface area contributed by atoms with Gasteiger partial charge in [0.25, 0.3) is 11.5 Å². The topological polar surface area (TPSA) is 94.7 Å². The summed E-state index contributed by atoms with van der Waals surface area (Å²) in [4.78, 5) is 33.1. The number of rotatable bonds is 6. The average Bonchev–Trinajstić information content (AvgIpc) is 3.14. The summed E-state index contributed by atoms with van der Waals surface area (Å²) in [5.41, 5.74) is 1.07. The summed E-state index contributed by atoms with van der Waals surface area (Å²) >= 11 is 5.92. The molecule has 0 aliphatic heterocycles. The molecule has 8 nitrogen and oxygen atoms in total. The van der Waals surface area contributed by atoms with Crippen LogP contribution in [0.4, 0.5) is 4.39 Å². The maximum absolute atomic E-state index is 13.4. The van der Waals surface area contributed by atoms with Crippen LogP contribution >= 0.6 is 11.6 Å². The molecule has 0 saturated heterocycles. The minimum absolute atomic E-state index is 0.125. The lowest BCUT2D eigenvalue weighted by Gasteiger charge is -2.08. The molecule has 0 aliphatic carbocycles. The van der Waals surface area contributed by atoms with Gasteiger partial charge in [0.05, 0.1) is 24.8 Å². The second-order valence-electron chi connectivity index (χ2n) is 6.51. The monoisotopic (exact) mass is 426 g/mol. The highest BCUT2D eigenvalue weighted by Crippen LogP contribution is 2.11. The van der Waals surface area contributed by atoms with Crippen LogP contribution < -0.4 is 10.9 Å². The number of hydrogen-bond acceptors (Lipinski definition) is 5. The number of fused-ring (bicyclic) bond motifs is 1. The Morgan fingerprint density at radius 2 is 2.07 bits per heavy atom. The summed E-state index contributed by atoms with van der Waals surface area (Å²) in [5.74, 6) is -0.716. The number of amides is 1. The van der Waals surface area contributed by atoms with Crippen molar-refractivity contribution in [3.05, 3.63) is 87.6 Å². The molecule has 3 aromatic heterocycles. The van der Waals surface area contributed by atoms with Gasteiger partial charge >= 0.3 is 0 Å². The zero-order valence-corrected chi connectivity index (χ0v) is 16.4. The van der Waals surface area contributed by atoms with Gasteiger partial charge < -0.3 is 5.32 Å². The molecule has 10 heteroatoms. The number of hydrogen-bond donors (Lipinski definition) is 1. The number of benzene rings is 1. The summed E-state index contributed by atoms with van der Waals surface area (Å²) in [6.07, 6.45) is 4.34. The molecule has 0 aliphatic rings. The number of carbonyl (C=O) groups excluding carboxylic acids is 1. The van der Waals surface area contributed by atoms with E-state index < -0.39 is 0 Å². The van der Waals surface area contributed by atoms with E-state index in [1.54, 1.807) is 24.3 Å². The molecule has 0 spiro atoms. The first-order valence-electron chi connectivity index (χ1n) is 9.07. The van der Waals surface area contributed by atoms with Crippen molar-refractivity contribution >= 4 is 28.5 Å². The first-order valence-corrected chi connectivity index (χ1v) is 9.45. The predicted octanol–water partition coefficient (Wildman–Crippen LogP) is 2.26. The van der Waals surface area contributed by atoms with Crippen LogP contribution in [0.3, 0.4) is 0 Å². The normalized spacial score (nSPS) is 11.0. The van der Waals surface area contributed by atoms with Crippen molar-refractivity contribution in [1.82, 2.24) is 29.6 Å². The number of nitrogens with zero attached hydrogens (tertiary/aromatic N) is 5. The Labute approximate surface area is 175 Å². The van der Waals surface area contributed by atoms with E-state index in [2.05, 4.69) is 20.4 Å². The van der Waals surface area contributed by atoms with Crippen LogP contribution in [0.25, 0.3) is 11.0 Å². The molecule has 1 amide bonds. The molecular weight excluding hydrogens is 411 g/mol. The highest BCUT2D eigenvalue weighted by molar-refractivity contribution is 6.32. The van der Waals surface area contributed by atoms with Crippen molar-refractivity contribution in [2.45, 2.75) is 13.1 Å². The Bertz CT molecular complexity index is 1290. The highest BCUT2D eigenvalue weighted by Gasteiger charge is 2.13. The van der Waals surface area contributed by atoms with E-state index in [1.807, 2.05) is 0 Å². The van der Waals surface area contributed by atoms with Crippen molar-refractivity contribution in [2.24, 2.45) is 0 Å². The van der Waals surface area contributed by atoms with Crippen LogP contribution in [0.15, 0.2) is 59.9 Å². The van der Waals surface area contributed by atoms with Crippen LogP contribution in [0.1, 0.15) is 15.9 Å². The number of carbonyl (C=O) groups is 1. The quantitative estimate of drug-likeness (QED) is 0.477. The molecular formula is C20H16ClFN6O2. The van der Waals surface area contributed by atoms with Gasteiger partial charge in [0.2, 0.25) is 0 Å². The zero-order chi connectivity index (χ0) is 21.1. The van der Waals surface area contributed by atoms with Gasteiger partial charge in [0.1, 0.15) is 22.7 Å². The molecule has 0 bridgehead atoms. The maximum atomic E-state index is 13.4. The first kappa shape index (κ1) is 19.7. The molecule has 4 aromatic rings. The zero-order valence-electron chi connectivity index (χ0n) is 15.6. The number of aromatic nitrogens is 5. The van der Waals surface area contributed by atoms with Gasteiger partial charge in [0, 0.05) is 12.7 Å². The van der Waals surface area contributed by atoms with Gasteiger partial charge in [-0.25, -0.2) is 19.0 Å². The Balaban J connectivity index is 1.47. The van der Waals surface area contributed by atoms with Crippen LogP contribution in [-0.4, -0.2) is 36.8 Å². The average molecular weight is 427 g/mol. The van der Waals surface area contributed by atoms with E-state index in [0.717, 1.165) is 0 Å². The summed E-state index contributed by atoms with van der Waals surface area (Å²) < 4.78 is 16.3. The number of pyridine rings is 1. The molecule has 3 heterocycles. The first-order chi connectivity index (χ1) is 14.5. The fraction of sp³-hybridized carbons (Fsp3) is 0.150.